The molecule has 2 saturated carbocycles. The van der Waals surface area contributed by atoms with Gasteiger partial charge in [-0.1, -0.05) is 38.8 Å². The second kappa shape index (κ2) is 9.47. The van der Waals surface area contributed by atoms with E-state index in [-0.39, 0.29) is 23.7 Å². The molecule has 0 N–H and O–H groups in total. The third-order valence-electron chi connectivity index (χ3n) is 9.47. The second-order valence-electron chi connectivity index (χ2n) is 11.6. The number of amides is 2. The van der Waals surface area contributed by atoms with Crippen LogP contribution in [0, 0.1) is 35.5 Å². The number of hydrogen-bond acceptors (Lipinski definition) is 6. The highest BCUT2D eigenvalue weighted by Crippen LogP contribution is 2.48. The van der Waals surface area contributed by atoms with Gasteiger partial charge >= 0.3 is 0 Å². The quantitative estimate of drug-likeness (QED) is 0.573. The van der Waals surface area contributed by atoms with E-state index in [0.717, 1.165) is 51.4 Å². The van der Waals surface area contributed by atoms with Gasteiger partial charge in [0.1, 0.15) is 5.82 Å². The molecule has 188 valence electrons. The second-order valence-corrected chi connectivity index (χ2v) is 12.4. The van der Waals surface area contributed by atoms with Crippen LogP contribution in [-0.4, -0.2) is 65.3 Å². The van der Waals surface area contributed by atoms with Crippen molar-refractivity contribution in [3.63, 3.8) is 0 Å². The van der Waals surface area contributed by atoms with E-state index in [1.54, 1.807) is 16.4 Å². The van der Waals surface area contributed by atoms with E-state index in [2.05, 4.69) is 47.9 Å². The summed E-state index contributed by atoms with van der Waals surface area (Å²) >= 11 is 1.59. The minimum Gasteiger partial charge on any atom is -0.353 e. The van der Waals surface area contributed by atoms with Gasteiger partial charge in [-0.25, -0.2) is 0 Å². The van der Waals surface area contributed by atoms with Crippen LogP contribution in [0.3, 0.4) is 0 Å². The Labute approximate surface area is 212 Å². The number of aromatic nitrogens is 1. The molecule has 0 bridgehead atoms. The molecule has 3 heterocycles. The third kappa shape index (κ3) is 4.18. The summed E-state index contributed by atoms with van der Waals surface area (Å²) in [4.78, 5) is 33.2. The maximum absolute atomic E-state index is 13.2. The average Bonchev–Trinajstić information content (AvgIpc) is 3.50. The highest BCUT2D eigenvalue weighted by molar-refractivity contribution is 7.13. The van der Waals surface area contributed by atoms with Gasteiger partial charge in [-0.05, 0) is 66.6 Å². The molecule has 4 aliphatic rings. The van der Waals surface area contributed by atoms with Crippen LogP contribution in [0.2, 0.25) is 0 Å². The van der Waals surface area contributed by atoms with Gasteiger partial charge in [0.25, 0.3) is 0 Å². The number of piperazine rings is 1. The fourth-order valence-electron chi connectivity index (χ4n) is 7.60. The van der Waals surface area contributed by atoms with Gasteiger partial charge in [0.05, 0.1) is 16.5 Å². The molecule has 7 heteroatoms. The number of nitrogens with zero attached hydrogens (tertiary/aromatic N) is 4. The summed E-state index contributed by atoms with van der Waals surface area (Å²) in [5, 5.41) is 1.27. The Morgan fingerprint density at radius 3 is 2.20 bits per heavy atom. The van der Waals surface area contributed by atoms with E-state index in [1.807, 2.05) is 0 Å². The Morgan fingerprint density at radius 2 is 1.51 bits per heavy atom. The molecule has 6 rings (SSSR count). The standard InChI is InChI=1S/C28H38N4O2S/c1-18-15-19(2)25-24(18)27(33)32(28(25)34)17-21-8-4-3-7-20(21)16-30-11-13-31(14-12-30)26-22-9-5-6-10-23(22)35-29-26/h5-6,9-10,18-21,24-25H,3-4,7-8,11-17H2,1-2H3/t18-,19+,20-,21-,24+,25-/m0/s1. The predicted molar refractivity (Wildman–Crippen MR) is 140 cm³/mol. The van der Waals surface area contributed by atoms with Crippen LogP contribution in [0.15, 0.2) is 24.3 Å². The van der Waals surface area contributed by atoms with E-state index in [4.69, 9.17) is 4.37 Å². The largest absolute Gasteiger partial charge is 0.353 e. The molecule has 2 amide bonds. The van der Waals surface area contributed by atoms with Crippen molar-refractivity contribution in [3.05, 3.63) is 24.3 Å². The Hall–Kier alpha value is -1.99. The fourth-order valence-corrected chi connectivity index (χ4v) is 8.40. The van der Waals surface area contributed by atoms with Gasteiger partial charge in [0.2, 0.25) is 11.8 Å². The van der Waals surface area contributed by atoms with Crippen LogP contribution in [0.25, 0.3) is 10.1 Å². The zero-order valence-electron chi connectivity index (χ0n) is 21.1. The monoisotopic (exact) mass is 494 g/mol. The van der Waals surface area contributed by atoms with Crippen molar-refractivity contribution in [2.75, 3.05) is 44.2 Å². The predicted octanol–water partition coefficient (Wildman–Crippen LogP) is 4.50. The number of fused-ring (bicyclic) bond motifs is 2. The van der Waals surface area contributed by atoms with Crippen molar-refractivity contribution in [1.29, 1.82) is 0 Å². The lowest BCUT2D eigenvalue weighted by Crippen LogP contribution is -2.49. The fraction of sp³-hybridized carbons (Fsp3) is 0.679. The SMILES string of the molecule is C[C@@H]1C[C@H](C)[C@H]2C(=O)N(C[C@@H]3CCCC[C@H]3CN3CCN(c4nsc5ccccc45)CC3)C(=O)[C@H]21. The maximum Gasteiger partial charge on any atom is 0.233 e. The van der Waals surface area contributed by atoms with Crippen LogP contribution >= 0.6 is 11.5 Å². The molecule has 0 radical (unpaired) electrons. The van der Waals surface area contributed by atoms with E-state index in [1.165, 1.54) is 29.3 Å². The number of benzene rings is 1. The number of likely N-dealkylation sites (tertiary alicyclic amines) is 1. The molecule has 6 atom stereocenters. The van der Waals surface area contributed by atoms with Crippen LogP contribution < -0.4 is 4.90 Å². The molecule has 35 heavy (non-hydrogen) atoms. The van der Waals surface area contributed by atoms with Crippen LogP contribution in [0.1, 0.15) is 46.0 Å². The zero-order valence-corrected chi connectivity index (χ0v) is 21.9. The molecule has 1 aromatic heterocycles. The molecule has 0 spiro atoms. The highest BCUT2D eigenvalue weighted by Gasteiger charge is 2.56. The normalized spacial score (nSPS) is 34.2. The van der Waals surface area contributed by atoms with Gasteiger partial charge in [-0.15, -0.1) is 0 Å². The lowest BCUT2D eigenvalue weighted by molar-refractivity contribution is -0.142. The van der Waals surface area contributed by atoms with E-state index < -0.39 is 0 Å². The Morgan fingerprint density at radius 1 is 0.886 bits per heavy atom. The first-order chi connectivity index (χ1) is 17.0. The molecular formula is C28H38N4O2S. The van der Waals surface area contributed by atoms with Gasteiger partial charge in [0, 0.05) is 44.7 Å². The number of imide groups is 1. The zero-order chi connectivity index (χ0) is 24.1. The van der Waals surface area contributed by atoms with Crippen molar-refractivity contribution in [2.24, 2.45) is 35.5 Å². The number of carbonyl (C=O) groups is 2. The van der Waals surface area contributed by atoms with Crippen molar-refractivity contribution < 1.29 is 9.59 Å². The van der Waals surface area contributed by atoms with Gasteiger partial charge in [0.15, 0.2) is 0 Å². The Bertz CT molecular complexity index is 1070. The van der Waals surface area contributed by atoms with Gasteiger partial charge in [-0.2, -0.15) is 4.37 Å². The molecule has 2 aromatic rings. The summed E-state index contributed by atoms with van der Waals surface area (Å²) in [6.07, 6.45) is 5.87. The van der Waals surface area contributed by atoms with Gasteiger partial charge < -0.3 is 4.90 Å². The summed E-state index contributed by atoms with van der Waals surface area (Å²) in [6.45, 7) is 10.2. The third-order valence-corrected chi connectivity index (χ3v) is 10.3. The molecule has 0 unspecified atom stereocenters. The van der Waals surface area contributed by atoms with Crippen molar-refractivity contribution in [1.82, 2.24) is 14.2 Å². The molecule has 6 nitrogen and oxygen atoms in total. The minimum atomic E-state index is -0.0607. The van der Waals surface area contributed by atoms with E-state index in [0.29, 0.717) is 30.2 Å². The molecule has 2 aliphatic heterocycles. The Kier molecular flexibility index (Phi) is 6.33. The van der Waals surface area contributed by atoms with Crippen molar-refractivity contribution in [3.8, 4) is 0 Å². The minimum absolute atomic E-state index is 0.0607. The van der Waals surface area contributed by atoms with Crippen LogP contribution in [0.5, 0.6) is 0 Å². The first kappa shape index (κ1) is 23.4. The summed E-state index contributed by atoms with van der Waals surface area (Å²) < 4.78 is 6.02. The number of hydrogen-bond donors (Lipinski definition) is 0. The number of carbonyl (C=O) groups excluding carboxylic acids is 2. The molecule has 2 aliphatic carbocycles. The van der Waals surface area contributed by atoms with Gasteiger partial charge in [-0.3, -0.25) is 19.4 Å². The summed E-state index contributed by atoms with van der Waals surface area (Å²) in [7, 11) is 0. The van der Waals surface area contributed by atoms with Crippen LogP contribution in [-0.2, 0) is 9.59 Å². The molecular weight excluding hydrogens is 456 g/mol. The average molecular weight is 495 g/mol. The number of rotatable bonds is 5. The van der Waals surface area contributed by atoms with Crippen LogP contribution in [0.4, 0.5) is 5.82 Å². The lowest BCUT2D eigenvalue weighted by atomic mass is 9.78. The summed E-state index contributed by atoms with van der Waals surface area (Å²) in [5.74, 6) is 2.97. The topological polar surface area (TPSA) is 56.8 Å². The first-order valence-electron chi connectivity index (χ1n) is 13.7. The molecule has 2 saturated heterocycles. The van der Waals surface area contributed by atoms with E-state index >= 15 is 0 Å². The van der Waals surface area contributed by atoms with Crippen molar-refractivity contribution >= 4 is 39.3 Å². The first-order valence-corrected chi connectivity index (χ1v) is 14.5. The summed E-state index contributed by atoms with van der Waals surface area (Å²) in [5.41, 5.74) is 0. The smallest absolute Gasteiger partial charge is 0.233 e. The molecule has 4 fully saturated rings. The lowest BCUT2D eigenvalue weighted by Gasteiger charge is -2.40. The summed E-state index contributed by atoms with van der Waals surface area (Å²) in [6, 6.07) is 8.52. The maximum atomic E-state index is 13.2. The molecule has 1 aromatic carbocycles. The number of anilines is 1. The van der Waals surface area contributed by atoms with Crippen molar-refractivity contribution in [2.45, 2.75) is 46.0 Å². The Balaban J connectivity index is 1.08. The van der Waals surface area contributed by atoms with E-state index in [9.17, 15) is 9.59 Å². The highest BCUT2D eigenvalue weighted by atomic mass is 32.1.